The molecule has 4 nitrogen and oxygen atoms in total. The number of phenolic OH excluding ortho intramolecular Hbond substituents is 1. The summed E-state index contributed by atoms with van der Waals surface area (Å²) in [5.74, 6) is -0.536. The van der Waals surface area contributed by atoms with Gasteiger partial charge in [-0.3, -0.25) is 0 Å². The van der Waals surface area contributed by atoms with Crippen LogP contribution in [0.5, 0.6) is 5.75 Å². The van der Waals surface area contributed by atoms with Crippen LogP contribution in [0.15, 0.2) is 24.3 Å². The Hall–Kier alpha value is -1.33. The third kappa shape index (κ3) is 5.52. The minimum Gasteiger partial charge on any atom is -0.507 e. The standard InChI is InChI=1S/C9H10O3.C2H8OSi/c1-2-12-9(11)7-5-3-4-6-8(7)10;1-2-3-4/h3-6,10H,2H2,1H3;2H2,1,4H3. The van der Waals surface area contributed by atoms with Crippen molar-refractivity contribution < 1.29 is 19.1 Å². The van der Waals surface area contributed by atoms with Crippen LogP contribution in [-0.4, -0.2) is 34.8 Å². The molecule has 5 heteroatoms. The summed E-state index contributed by atoms with van der Waals surface area (Å²) in [4.78, 5) is 11.1. The number of para-hydroxylation sites is 1. The molecule has 0 unspecified atom stereocenters. The maximum Gasteiger partial charge on any atom is 0.341 e. The van der Waals surface area contributed by atoms with Crippen LogP contribution in [-0.2, 0) is 9.16 Å². The van der Waals surface area contributed by atoms with Crippen LogP contribution in [0.4, 0.5) is 0 Å². The Labute approximate surface area is 98.7 Å². The second-order valence-electron chi connectivity index (χ2n) is 2.81. The zero-order valence-electron chi connectivity index (χ0n) is 9.90. The zero-order chi connectivity index (χ0) is 12.4. The van der Waals surface area contributed by atoms with E-state index in [1.54, 1.807) is 19.1 Å². The van der Waals surface area contributed by atoms with Gasteiger partial charge >= 0.3 is 5.97 Å². The number of carbonyl (C=O) groups is 1. The Bertz CT molecular complexity index is 313. The van der Waals surface area contributed by atoms with Gasteiger partial charge in [-0.15, -0.1) is 0 Å². The normalized spacial score (nSPS) is 9.12. The summed E-state index contributed by atoms with van der Waals surface area (Å²) < 4.78 is 9.39. The molecular formula is C11H18O4Si. The Morgan fingerprint density at radius 2 is 1.88 bits per heavy atom. The molecule has 1 N–H and O–H groups in total. The Balaban J connectivity index is 0.000000487. The molecule has 0 aliphatic rings. The van der Waals surface area contributed by atoms with E-state index < -0.39 is 5.97 Å². The Morgan fingerprint density at radius 1 is 1.31 bits per heavy atom. The molecule has 0 spiro atoms. The van der Waals surface area contributed by atoms with Crippen LogP contribution in [0.25, 0.3) is 0 Å². The molecule has 0 amide bonds. The fraction of sp³-hybridized carbons (Fsp3) is 0.364. The predicted octanol–water partition coefficient (Wildman–Crippen LogP) is 0.872. The van der Waals surface area contributed by atoms with E-state index in [9.17, 15) is 9.90 Å². The number of esters is 1. The summed E-state index contributed by atoms with van der Waals surface area (Å²) in [5.41, 5.74) is 0.208. The average Bonchev–Trinajstić information content (AvgIpc) is 2.30. The number of hydrogen-bond acceptors (Lipinski definition) is 4. The van der Waals surface area contributed by atoms with Crippen molar-refractivity contribution in [1.29, 1.82) is 0 Å². The SMILES string of the molecule is CCOC(=O)c1ccccc1O.CCO[SiH3]. The number of carbonyl (C=O) groups excluding carboxylic acids is 1. The smallest absolute Gasteiger partial charge is 0.341 e. The molecule has 0 aliphatic carbocycles. The van der Waals surface area contributed by atoms with Gasteiger partial charge in [0.25, 0.3) is 0 Å². The highest BCUT2D eigenvalue weighted by molar-refractivity contribution is 5.97. The monoisotopic (exact) mass is 242 g/mol. The van der Waals surface area contributed by atoms with Crippen LogP contribution in [0.2, 0.25) is 0 Å². The van der Waals surface area contributed by atoms with E-state index in [4.69, 9.17) is 4.74 Å². The zero-order valence-corrected chi connectivity index (χ0v) is 11.9. The second-order valence-corrected chi connectivity index (χ2v) is 3.39. The number of hydrogen-bond donors (Lipinski definition) is 1. The third-order valence-electron chi connectivity index (χ3n) is 1.69. The molecule has 0 heterocycles. The van der Waals surface area contributed by atoms with Gasteiger partial charge in [-0.1, -0.05) is 12.1 Å². The molecule has 0 saturated heterocycles. The molecule has 1 aromatic rings. The van der Waals surface area contributed by atoms with Crippen LogP contribution in [0, 0.1) is 0 Å². The summed E-state index contributed by atoms with van der Waals surface area (Å²) in [7, 11) is 0.890. The largest absolute Gasteiger partial charge is 0.507 e. The maximum absolute atomic E-state index is 11.1. The van der Waals surface area contributed by atoms with Crippen molar-refractivity contribution in [2.45, 2.75) is 13.8 Å². The van der Waals surface area contributed by atoms with Gasteiger partial charge in [0.15, 0.2) is 0 Å². The Kier molecular flexibility index (Phi) is 8.19. The van der Waals surface area contributed by atoms with Crippen molar-refractivity contribution in [1.82, 2.24) is 0 Å². The molecular weight excluding hydrogens is 224 g/mol. The van der Waals surface area contributed by atoms with Gasteiger partial charge in [0, 0.05) is 6.61 Å². The molecule has 90 valence electrons. The number of ether oxygens (including phenoxy) is 1. The molecule has 0 aliphatic heterocycles. The van der Waals surface area contributed by atoms with Gasteiger partial charge < -0.3 is 14.3 Å². The number of phenols is 1. The molecule has 0 atom stereocenters. The fourth-order valence-electron chi connectivity index (χ4n) is 0.855. The highest BCUT2D eigenvalue weighted by Gasteiger charge is 2.09. The van der Waals surface area contributed by atoms with Crippen molar-refractivity contribution in [3.63, 3.8) is 0 Å². The van der Waals surface area contributed by atoms with Gasteiger partial charge in [-0.05, 0) is 26.0 Å². The molecule has 1 rings (SSSR count). The van der Waals surface area contributed by atoms with E-state index in [1.165, 1.54) is 12.1 Å². The first-order valence-corrected chi connectivity index (χ1v) is 5.93. The van der Waals surface area contributed by atoms with Crippen molar-refractivity contribution in [2.75, 3.05) is 13.2 Å². The van der Waals surface area contributed by atoms with Gasteiger partial charge in [0.05, 0.1) is 6.61 Å². The predicted molar refractivity (Wildman–Crippen MR) is 65.6 cm³/mol. The van der Waals surface area contributed by atoms with Crippen molar-refractivity contribution in [3.8, 4) is 5.75 Å². The lowest BCUT2D eigenvalue weighted by Gasteiger charge is -2.02. The minimum atomic E-state index is -0.490. The summed E-state index contributed by atoms with van der Waals surface area (Å²) in [6.45, 7) is 4.91. The van der Waals surface area contributed by atoms with Crippen LogP contribution < -0.4 is 0 Å². The van der Waals surface area contributed by atoms with E-state index in [1.807, 2.05) is 6.92 Å². The van der Waals surface area contributed by atoms with Crippen LogP contribution >= 0.6 is 0 Å². The van der Waals surface area contributed by atoms with E-state index >= 15 is 0 Å². The first kappa shape index (κ1) is 14.7. The third-order valence-corrected chi connectivity index (χ3v) is 2.27. The molecule has 0 bridgehead atoms. The summed E-state index contributed by atoms with van der Waals surface area (Å²) in [5, 5.41) is 9.21. The van der Waals surface area contributed by atoms with E-state index in [0.29, 0.717) is 6.61 Å². The van der Waals surface area contributed by atoms with Crippen molar-refractivity contribution in [2.24, 2.45) is 0 Å². The lowest BCUT2D eigenvalue weighted by Crippen LogP contribution is -2.04. The summed E-state index contributed by atoms with van der Waals surface area (Å²) >= 11 is 0. The molecule has 0 radical (unpaired) electrons. The van der Waals surface area contributed by atoms with Gasteiger partial charge in [0.2, 0.25) is 0 Å². The van der Waals surface area contributed by atoms with E-state index in [-0.39, 0.29) is 11.3 Å². The quantitative estimate of drug-likeness (QED) is 0.631. The summed E-state index contributed by atoms with van der Waals surface area (Å²) in [6, 6.07) is 6.30. The van der Waals surface area contributed by atoms with Gasteiger partial charge in [0.1, 0.15) is 21.8 Å². The Morgan fingerprint density at radius 3 is 2.31 bits per heavy atom. The topological polar surface area (TPSA) is 55.8 Å². The number of aromatic hydroxyl groups is 1. The van der Waals surface area contributed by atoms with Crippen molar-refractivity contribution in [3.05, 3.63) is 29.8 Å². The van der Waals surface area contributed by atoms with Gasteiger partial charge in [-0.2, -0.15) is 0 Å². The van der Waals surface area contributed by atoms with Crippen LogP contribution in [0.1, 0.15) is 24.2 Å². The highest BCUT2D eigenvalue weighted by Crippen LogP contribution is 2.16. The molecule has 16 heavy (non-hydrogen) atoms. The average molecular weight is 242 g/mol. The molecule has 0 fully saturated rings. The second kappa shape index (κ2) is 8.93. The molecule has 0 saturated carbocycles. The maximum atomic E-state index is 11.1. The molecule has 0 aromatic heterocycles. The van der Waals surface area contributed by atoms with E-state index in [2.05, 4.69) is 4.43 Å². The minimum absolute atomic E-state index is 0.0454. The first-order chi connectivity index (χ1) is 7.67. The van der Waals surface area contributed by atoms with Crippen molar-refractivity contribution >= 4 is 16.5 Å². The number of rotatable bonds is 3. The van der Waals surface area contributed by atoms with E-state index in [0.717, 1.165) is 17.1 Å². The highest BCUT2D eigenvalue weighted by atomic mass is 28.2. The van der Waals surface area contributed by atoms with Crippen LogP contribution in [0.3, 0.4) is 0 Å². The summed E-state index contributed by atoms with van der Waals surface area (Å²) in [6.07, 6.45) is 0. The molecule has 1 aromatic carbocycles. The number of benzene rings is 1. The fourth-order valence-corrected chi connectivity index (χ4v) is 0.855. The lowest BCUT2D eigenvalue weighted by atomic mass is 10.2. The van der Waals surface area contributed by atoms with Gasteiger partial charge in [-0.25, -0.2) is 4.79 Å². The first-order valence-electron chi connectivity index (χ1n) is 5.11. The lowest BCUT2D eigenvalue weighted by molar-refractivity contribution is 0.0523.